The third-order valence-electron chi connectivity index (χ3n) is 21.5. The van der Waals surface area contributed by atoms with Crippen LogP contribution in [0.5, 0.6) is 0 Å². The smallest absolute Gasteiger partial charge is 0.790 e. The van der Waals surface area contributed by atoms with Crippen molar-refractivity contribution >= 4 is 84.2 Å². The summed E-state index contributed by atoms with van der Waals surface area (Å²) >= 11 is 3.72. The second kappa shape index (κ2) is 81.2. The van der Waals surface area contributed by atoms with Crippen LogP contribution in [0.15, 0.2) is 0 Å². The van der Waals surface area contributed by atoms with Gasteiger partial charge in [0, 0.05) is 93.6 Å². The molecule has 8 heterocycles. The van der Waals surface area contributed by atoms with Gasteiger partial charge in [0.2, 0.25) is 0 Å². The number of fused-ring (bicyclic) bond motifs is 2. The van der Waals surface area contributed by atoms with E-state index >= 15 is 0 Å². The Kier molecular flexibility index (Phi) is 88.0. The van der Waals surface area contributed by atoms with Gasteiger partial charge in [-0.05, 0) is 57.8 Å². The number of nitrogens with one attached hydrogen (secondary N) is 4. The summed E-state index contributed by atoms with van der Waals surface area (Å²) in [5, 5.41) is 170. The molecule has 0 bridgehead atoms. The van der Waals surface area contributed by atoms with Crippen LogP contribution in [-0.2, 0) is 108 Å². The molecule has 0 saturated carbocycles. The number of hydrogen-bond acceptors (Lipinski definition) is 51. The molecule has 8 aliphatic heterocycles. The number of ketones is 3. The molecule has 0 aromatic heterocycles. The molecule has 8 saturated heterocycles. The van der Waals surface area contributed by atoms with E-state index in [2.05, 4.69) is 39.4 Å². The normalized spacial score (nSPS) is 30.2. The van der Waals surface area contributed by atoms with Crippen molar-refractivity contribution < 1.29 is 474 Å². The largest absolute Gasteiger partial charge is 1.00 e. The van der Waals surface area contributed by atoms with Crippen molar-refractivity contribution in [2.24, 2.45) is 0 Å². The zero-order valence-corrected chi connectivity index (χ0v) is 102. The molecule has 0 aromatic rings. The van der Waals surface area contributed by atoms with Crippen molar-refractivity contribution in [2.75, 3.05) is 117 Å². The van der Waals surface area contributed by atoms with Gasteiger partial charge in [0.05, 0.1) is 128 Å². The number of unbranched alkanes of at least 4 members (excludes halogenated alkanes) is 4. The number of amides is 4. The summed E-state index contributed by atoms with van der Waals surface area (Å²) in [5.74, 6) is 2.10. The van der Waals surface area contributed by atoms with Crippen LogP contribution in [0.4, 0.5) is 9.59 Å². The molecular weight excluding hydrogens is 2100 g/mol. The maximum Gasteiger partial charge on any atom is 1.00 e. The zero-order valence-electron chi connectivity index (χ0n) is 81.2. The molecule has 53 nitrogen and oxygen atoms in total. The minimum Gasteiger partial charge on any atom is -0.790 e. The third-order valence-corrected chi connectivity index (χ3v) is 26.3. The van der Waals surface area contributed by atoms with Gasteiger partial charge in [0.1, 0.15) is 139 Å². The molecule has 0 aliphatic carbocycles. The Morgan fingerprint density at radius 3 is 0.801 bits per heavy atom. The fraction of sp³-hybridized carbons (Fsp3) is 0.932. The zero-order chi connectivity index (χ0) is 98.9. The number of urea groups is 2. The number of carbonyl (C=O) groups excluding carboxylic acids is 5. The van der Waals surface area contributed by atoms with Gasteiger partial charge >= 0.3 is 249 Å². The molecule has 8 aliphatic rings. The summed E-state index contributed by atoms with van der Waals surface area (Å²) in [6, 6.07) is 0.576. The Balaban J connectivity index is -0.000000929. The van der Waals surface area contributed by atoms with E-state index in [1.165, 1.54) is 0 Å². The molecule has 8 fully saturated rings. The second-order valence-corrected chi connectivity index (χ2v) is 39.1. The van der Waals surface area contributed by atoms with E-state index in [9.17, 15) is 163 Å². The van der Waals surface area contributed by atoms with Crippen LogP contribution in [0.3, 0.4) is 0 Å². The molecule has 0 radical (unpaired) electrons. The SMILES string of the molecule is CCCCOC[C@@H](O)C1O[C@@H](OP(=O)([O-])[O-])C(O)[C@@H](O)[C@@H]1O.CCCCOC[C@@H](O)C1O[C@@H](OP(=O)([O-])[O-])C(O)[C@@H](O)[C@@H]1O.O=C(CCCCC1SCC2NC(=O)NC21)CCCOCCOCCOCCOCCC(=O)CCCOC[C@@H](O)C1O[C@@H](OP(=O)([O-])[O-])C(O)[C@@H](O)[C@@H]1O.O=C(CCCCC1SCC2NC(=O)NC21)CCCOC[C@@H](O)C1O[C@@H](OP(=O)([O-])[O-])C(O)[C@@H](O)[C@@H]1O.[Na+].[Na+].[Na+].[Na+].[Na+].[Na+].[Na+].[Na+]. The molecule has 8 rings (SSSR count). The number of Topliss-reactive ketones (excluding diaryl/α,β-unsaturated/α-hetero) is 3. The van der Waals surface area contributed by atoms with E-state index in [1.807, 2.05) is 37.4 Å². The van der Waals surface area contributed by atoms with E-state index in [1.54, 1.807) is 0 Å². The Labute approximate surface area is 1000 Å². The molecule has 67 heteroatoms. The van der Waals surface area contributed by atoms with Gasteiger partial charge in [-0.2, -0.15) is 23.5 Å². The van der Waals surface area contributed by atoms with E-state index in [0.29, 0.717) is 108 Å². The Bertz CT molecular complexity index is 3500. The Morgan fingerprint density at radius 2 is 0.546 bits per heavy atom. The summed E-state index contributed by atoms with van der Waals surface area (Å²) in [6.45, 7) is 6.45. The monoisotopic (exact) mass is 2230 g/mol. The average molecular weight is 2230 g/mol. The number of thioether (sulfide) groups is 2. The Morgan fingerprint density at radius 1 is 0.319 bits per heavy atom. The van der Waals surface area contributed by atoms with Crippen LogP contribution in [0, 0.1) is 0 Å². The summed E-state index contributed by atoms with van der Waals surface area (Å²) < 4.78 is 121. The number of carbonyl (C=O) groups is 5. The van der Waals surface area contributed by atoms with Gasteiger partial charge in [0.15, 0.2) is 25.2 Å². The fourth-order valence-electron chi connectivity index (χ4n) is 14.4. The number of rotatable bonds is 60. The van der Waals surface area contributed by atoms with Gasteiger partial charge in [-0.3, -0.25) is 14.4 Å². The van der Waals surface area contributed by atoms with Crippen LogP contribution in [0.2, 0.25) is 0 Å². The topological polar surface area (TPSA) is 858 Å². The van der Waals surface area contributed by atoms with Crippen LogP contribution in [0.1, 0.15) is 136 Å². The molecule has 20 N–H and O–H groups in total. The molecule has 14 unspecified atom stereocenters. The number of phosphoric ester groups is 4. The summed E-state index contributed by atoms with van der Waals surface area (Å²) in [5.41, 5.74) is 0. The minimum absolute atomic E-state index is 0. The second-order valence-electron chi connectivity index (χ2n) is 32.1. The summed E-state index contributed by atoms with van der Waals surface area (Å²) in [6.07, 6.45) is -30.8. The molecule has 0 aromatic carbocycles. The first kappa shape index (κ1) is 153. The standard InChI is InChI=1S/C32H57N2O17PS.C20H35N2O12PS.2C11H23O10P.8Na/c35-21(5-1-2-8-25-26-23(20-53-25)33-32(41)34-26)6-3-10-45-13-15-47-17-18-48-16-14-46-12-9-22(36)7-4-11-49-19-24(37)30-28(39)27(38)29(40)31(50-30)51-52(42,43)44;23-10(4-1-2-6-13-14-11(9-36-13)21-20(28)22-14)5-3-7-32-8-12(24)18-16(26)15(25)17(27)19(33-18)34-35(29,30)31;2*1-2-3-4-19-5-6(12)10-8(14)7(13)9(15)11(20-10)21-22(16,17)18;;;;;;;;/h23-31,37-40H,1-20H2,(H2,33,34,41)(H2,42,43,44);11-19,24-27H,1-9H2,(H2,21,22,28)(H2,29,30,31);2*6-15H,2-5H2,1H3,(H2,16,17,18);;;;;;;;/q;;;;8*+1/p-8/t23?,24-,25?,26?,27+,28+,29?,30?,31+;11?,12-,13?,14?,15+,16+,17?,18?,19+;2*6-,7+,8+,9?,10?,11+;;;;;;;;/m1111......../s1. The molecule has 4 amide bonds. The van der Waals surface area contributed by atoms with Crippen LogP contribution < -0.4 is 297 Å². The number of aliphatic hydroxyl groups is 16. The van der Waals surface area contributed by atoms with Crippen LogP contribution >= 0.6 is 54.8 Å². The first-order chi connectivity index (χ1) is 62.6. The van der Waals surface area contributed by atoms with Crippen molar-refractivity contribution in [3.8, 4) is 0 Å². The molecule has 30 atom stereocenters. The number of hydrogen-bond donors (Lipinski definition) is 20. The van der Waals surface area contributed by atoms with Crippen molar-refractivity contribution in [3.05, 3.63) is 0 Å². The summed E-state index contributed by atoms with van der Waals surface area (Å²) in [4.78, 5) is 145. The van der Waals surface area contributed by atoms with Crippen molar-refractivity contribution in [1.29, 1.82) is 0 Å². The first-order valence-electron chi connectivity index (χ1n) is 43.5. The molecule has 141 heavy (non-hydrogen) atoms. The predicted molar refractivity (Wildman–Crippen MR) is 437 cm³/mol. The maximum absolute atomic E-state index is 12.1. The molecular formula is C74H130N4Na8O49P4S2. The van der Waals surface area contributed by atoms with E-state index in [0.717, 1.165) is 75.7 Å². The minimum atomic E-state index is -5.61. The fourth-order valence-corrected chi connectivity index (χ4v) is 19.2. The van der Waals surface area contributed by atoms with Gasteiger partial charge < -0.3 is 235 Å². The van der Waals surface area contributed by atoms with Crippen molar-refractivity contribution in [2.45, 2.75) is 318 Å². The van der Waals surface area contributed by atoms with E-state index in [-0.39, 0.29) is 349 Å². The first-order valence-corrected chi connectivity index (χ1v) is 51.5. The average Bonchev–Trinajstić information content (AvgIpc) is 1.17. The van der Waals surface area contributed by atoms with Crippen LogP contribution in [0.25, 0.3) is 0 Å². The van der Waals surface area contributed by atoms with Gasteiger partial charge in [0.25, 0.3) is 0 Å². The van der Waals surface area contributed by atoms with Crippen molar-refractivity contribution in [1.82, 2.24) is 21.3 Å². The van der Waals surface area contributed by atoms with Gasteiger partial charge in [-0.25, -0.2) is 9.59 Å². The number of aliphatic hydroxyl groups excluding tert-OH is 16. The van der Waals surface area contributed by atoms with Gasteiger partial charge in [-0.1, -0.05) is 39.5 Å². The quantitative estimate of drug-likeness (QED) is 0.0116. The Hall–Kier alpha value is 5.57. The van der Waals surface area contributed by atoms with E-state index in [4.69, 9.17) is 56.8 Å². The van der Waals surface area contributed by atoms with E-state index < -0.39 is 185 Å². The van der Waals surface area contributed by atoms with Gasteiger partial charge in [-0.15, -0.1) is 0 Å². The number of phosphoric acid groups is 4. The molecule has 780 valence electrons. The van der Waals surface area contributed by atoms with Crippen molar-refractivity contribution in [3.63, 3.8) is 0 Å². The third kappa shape index (κ3) is 60.0. The molecule has 0 spiro atoms. The maximum atomic E-state index is 12.1. The summed E-state index contributed by atoms with van der Waals surface area (Å²) in [7, 11) is -22.2. The predicted octanol–water partition coefficient (Wildman–Crippen LogP) is -35.3. The van der Waals surface area contributed by atoms with Crippen LogP contribution in [-0.4, -0.2) is 410 Å². The number of ether oxygens (including phenoxy) is 12.